The van der Waals surface area contributed by atoms with Gasteiger partial charge in [-0.05, 0) is 64.2 Å². The van der Waals surface area contributed by atoms with E-state index in [4.69, 9.17) is 19.3 Å². The number of rotatable bonds is 10. The zero-order valence-electron chi connectivity index (χ0n) is 21.8. The SMILES string of the molecule is O=C(O)NCc1cccc(-c2ccc(OCc3ccc(C(=O)NCc4cccc(C5OCCO5)c4)cc3)cc2)c1. The van der Waals surface area contributed by atoms with Gasteiger partial charge in [-0.2, -0.15) is 0 Å². The van der Waals surface area contributed by atoms with Gasteiger partial charge in [0.25, 0.3) is 5.91 Å². The predicted molar refractivity (Wildman–Crippen MR) is 150 cm³/mol. The lowest BCUT2D eigenvalue weighted by molar-refractivity contribution is -0.0441. The van der Waals surface area contributed by atoms with E-state index in [9.17, 15) is 9.59 Å². The average Bonchev–Trinajstić information content (AvgIpc) is 3.54. The Morgan fingerprint density at radius 1 is 0.750 bits per heavy atom. The molecule has 5 rings (SSSR count). The fraction of sp³-hybridized carbons (Fsp3) is 0.188. The maximum atomic E-state index is 12.7. The van der Waals surface area contributed by atoms with Crippen LogP contribution in [0.4, 0.5) is 4.79 Å². The van der Waals surface area contributed by atoms with Crippen molar-refractivity contribution in [3.63, 3.8) is 0 Å². The first-order chi connectivity index (χ1) is 19.5. The number of nitrogens with one attached hydrogen (secondary N) is 2. The average molecular weight is 539 g/mol. The standard InChI is InChI=1S/C32H30N2O6/c35-30(33-19-24-4-2-6-28(18-24)31-38-15-16-39-31)26-9-7-22(8-10-26)21-40-29-13-11-25(12-14-29)27-5-1-3-23(17-27)20-34-32(36)37/h1-14,17-18,31,34H,15-16,19-21H2,(H,33,35)(H,36,37). The lowest BCUT2D eigenvalue weighted by Crippen LogP contribution is -2.22. The second-order valence-corrected chi connectivity index (χ2v) is 9.37. The molecule has 0 spiro atoms. The van der Waals surface area contributed by atoms with Gasteiger partial charge in [0.2, 0.25) is 0 Å². The smallest absolute Gasteiger partial charge is 0.404 e. The van der Waals surface area contributed by atoms with Crippen LogP contribution < -0.4 is 15.4 Å². The molecule has 1 saturated heterocycles. The highest BCUT2D eigenvalue weighted by Gasteiger charge is 2.18. The summed E-state index contributed by atoms with van der Waals surface area (Å²) in [4.78, 5) is 23.4. The molecule has 40 heavy (non-hydrogen) atoms. The lowest BCUT2D eigenvalue weighted by Gasteiger charge is -2.12. The second kappa shape index (κ2) is 12.9. The quantitative estimate of drug-likeness (QED) is 0.240. The van der Waals surface area contributed by atoms with E-state index >= 15 is 0 Å². The molecule has 0 saturated carbocycles. The van der Waals surface area contributed by atoms with Crippen molar-refractivity contribution in [1.29, 1.82) is 0 Å². The highest BCUT2D eigenvalue weighted by atomic mass is 16.7. The van der Waals surface area contributed by atoms with Crippen molar-refractivity contribution < 1.29 is 28.9 Å². The van der Waals surface area contributed by atoms with Gasteiger partial charge in [0.05, 0.1) is 13.2 Å². The first-order valence-corrected chi connectivity index (χ1v) is 13.0. The summed E-state index contributed by atoms with van der Waals surface area (Å²) in [6, 6.07) is 30.7. The number of amides is 2. The minimum atomic E-state index is -1.05. The van der Waals surface area contributed by atoms with Crippen LogP contribution in [-0.4, -0.2) is 30.3 Å². The van der Waals surface area contributed by atoms with E-state index in [0.717, 1.165) is 39.1 Å². The van der Waals surface area contributed by atoms with Crippen LogP contribution in [-0.2, 0) is 29.2 Å². The molecule has 204 valence electrons. The van der Waals surface area contributed by atoms with Crippen LogP contribution in [0.5, 0.6) is 5.75 Å². The van der Waals surface area contributed by atoms with E-state index in [1.807, 2.05) is 84.9 Å². The molecule has 0 aromatic heterocycles. The minimum Gasteiger partial charge on any atom is -0.489 e. The van der Waals surface area contributed by atoms with Crippen LogP contribution in [0.15, 0.2) is 97.1 Å². The minimum absolute atomic E-state index is 0.148. The highest BCUT2D eigenvalue weighted by molar-refractivity contribution is 5.94. The molecule has 1 aliphatic heterocycles. The molecule has 4 aromatic rings. The number of hydrogen-bond donors (Lipinski definition) is 3. The number of carbonyl (C=O) groups excluding carboxylic acids is 1. The number of carboxylic acid groups (broad SMARTS) is 1. The zero-order valence-corrected chi connectivity index (χ0v) is 21.8. The Hall–Kier alpha value is -4.66. The van der Waals surface area contributed by atoms with Gasteiger partial charge in [0, 0.05) is 24.2 Å². The number of hydrogen-bond acceptors (Lipinski definition) is 5. The van der Waals surface area contributed by atoms with Gasteiger partial charge < -0.3 is 30.0 Å². The van der Waals surface area contributed by atoms with Gasteiger partial charge in [-0.3, -0.25) is 4.79 Å². The Morgan fingerprint density at radius 3 is 2.15 bits per heavy atom. The van der Waals surface area contributed by atoms with Gasteiger partial charge in [0.15, 0.2) is 6.29 Å². The Labute approximate surface area is 232 Å². The molecule has 8 heteroatoms. The molecule has 0 atom stereocenters. The van der Waals surface area contributed by atoms with Gasteiger partial charge >= 0.3 is 6.09 Å². The summed E-state index contributed by atoms with van der Waals surface area (Å²) in [5, 5.41) is 14.2. The summed E-state index contributed by atoms with van der Waals surface area (Å²) in [6.45, 7) is 2.21. The Morgan fingerprint density at radius 2 is 1.43 bits per heavy atom. The van der Waals surface area contributed by atoms with Crippen LogP contribution in [0.2, 0.25) is 0 Å². The first-order valence-electron chi connectivity index (χ1n) is 13.0. The van der Waals surface area contributed by atoms with Gasteiger partial charge in [-0.1, -0.05) is 60.7 Å². The summed E-state index contributed by atoms with van der Waals surface area (Å²) < 4.78 is 17.0. The summed E-state index contributed by atoms with van der Waals surface area (Å²) in [5.74, 6) is 0.578. The molecule has 1 fully saturated rings. The largest absolute Gasteiger partial charge is 0.489 e. The van der Waals surface area contributed by atoms with Crippen LogP contribution in [0.25, 0.3) is 11.1 Å². The first kappa shape index (κ1) is 26.9. The van der Waals surface area contributed by atoms with Crippen LogP contribution in [0.3, 0.4) is 0 Å². The molecule has 2 amide bonds. The van der Waals surface area contributed by atoms with E-state index in [0.29, 0.717) is 31.9 Å². The summed E-state index contributed by atoms with van der Waals surface area (Å²) in [7, 11) is 0. The predicted octanol–water partition coefficient (Wildman–Crippen LogP) is 5.68. The molecule has 0 unspecified atom stereocenters. The number of benzene rings is 4. The third-order valence-corrected chi connectivity index (χ3v) is 6.48. The molecule has 1 aliphatic rings. The third kappa shape index (κ3) is 7.25. The van der Waals surface area contributed by atoms with Crippen LogP contribution >= 0.6 is 0 Å². The molecule has 0 aliphatic carbocycles. The maximum Gasteiger partial charge on any atom is 0.404 e. The van der Waals surface area contributed by atoms with E-state index < -0.39 is 6.09 Å². The summed E-state index contributed by atoms with van der Waals surface area (Å²) >= 11 is 0. The Balaban J connectivity index is 1.11. The van der Waals surface area contributed by atoms with Gasteiger partial charge in [0.1, 0.15) is 12.4 Å². The fourth-order valence-electron chi connectivity index (χ4n) is 4.39. The molecular weight excluding hydrogens is 508 g/mol. The van der Waals surface area contributed by atoms with Crippen LogP contribution in [0, 0.1) is 0 Å². The van der Waals surface area contributed by atoms with Crippen molar-refractivity contribution in [1.82, 2.24) is 10.6 Å². The summed E-state index contributed by atoms with van der Waals surface area (Å²) in [6.07, 6.45) is -1.39. The van der Waals surface area contributed by atoms with Crippen molar-refractivity contribution in [3.05, 3.63) is 125 Å². The van der Waals surface area contributed by atoms with E-state index in [2.05, 4.69) is 10.6 Å². The van der Waals surface area contributed by atoms with Crippen LogP contribution in [0.1, 0.15) is 38.9 Å². The highest BCUT2D eigenvalue weighted by Crippen LogP contribution is 2.25. The lowest BCUT2D eigenvalue weighted by atomic mass is 10.0. The maximum absolute atomic E-state index is 12.7. The van der Waals surface area contributed by atoms with Crippen molar-refractivity contribution in [2.45, 2.75) is 26.0 Å². The molecule has 0 radical (unpaired) electrons. The number of ether oxygens (including phenoxy) is 3. The molecular formula is C32H30N2O6. The van der Waals surface area contributed by atoms with E-state index in [-0.39, 0.29) is 18.7 Å². The third-order valence-electron chi connectivity index (χ3n) is 6.48. The van der Waals surface area contributed by atoms with Gasteiger partial charge in [-0.25, -0.2) is 4.79 Å². The second-order valence-electron chi connectivity index (χ2n) is 9.37. The van der Waals surface area contributed by atoms with Crippen molar-refractivity contribution >= 4 is 12.0 Å². The molecule has 0 bridgehead atoms. The van der Waals surface area contributed by atoms with Crippen molar-refractivity contribution in [3.8, 4) is 16.9 Å². The molecule has 3 N–H and O–H groups in total. The van der Waals surface area contributed by atoms with E-state index in [1.54, 1.807) is 12.1 Å². The normalized spacial score (nSPS) is 13.1. The van der Waals surface area contributed by atoms with Crippen molar-refractivity contribution in [2.75, 3.05) is 13.2 Å². The van der Waals surface area contributed by atoms with Crippen molar-refractivity contribution in [2.24, 2.45) is 0 Å². The fourth-order valence-corrected chi connectivity index (χ4v) is 4.39. The van der Waals surface area contributed by atoms with Gasteiger partial charge in [-0.15, -0.1) is 0 Å². The molecule has 8 nitrogen and oxygen atoms in total. The Bertz CT molecular complexity index is 1450. The zero-order chi connectivity index (χ0) is 27.7. The molecule has 4 aromatic carbocycles. The van der Waals surface area contributed by atoms with E-state index in [1.165, 1.54) is 0 Å². The summed E-state index contributed by atoms with van der Waals surface area (Å²) in [5.41, 5.74) is 6.33. The topological polar surface area (TPSA) is 106 Å². The number of carbonyl (C=O) groups is 2. The molecule has 1 heterocycles. The monoisotopic (exact) mass is 538 g/mol. The Kier molecular flexibility index (Phi) is 8.70.